The van der Waals surface area contributed by atoms with Crippen molar-refractivity contribution in [2.75, 3.05) is 0 Å². The van der Waals surface area contributed by atoms with E-state index in [-0.39, 0.29) is 145 Å². The molecule has 0 spiro atoms. The number of esters is 4. The first-order valence-electron chi connectivity index (χ1n) is 22.9. The maximum atomic E-state index is 11.6. The highest BCUT2D eigenvalue weighted by atomic mass is 16.6. The van der Waals surface area contributed by atoms with Crippen LogP contribution in [-0.2, 0) is 57.3 Å². The van der Waals surface area contributed by atoms with Crippen LogP contribution in [0.3, 0.4) is 0 Å². The first-order chi connectivity index (χ1) is 28.8. The van der Waals surface area contributed by atoms with Crippen molar-refractivity contribution in [2.24, 2.45) is 47.3 Å². The Hall–Kier alpha value is -4.24. The summed E-state index contributed by atoms with van der Waals surface area (Å²) in [6, 6.07) is 0.555. The number of nitrogens with one attached hydrogen (secondary N) is 4. The van der Waals surface area contributed by atoms with Gasteiger partial charge < -0.3 is 40.2 Å². The van der Waals surface area contributed by atoms with Gasteiger partial charge in [0, 0.05) is 24.2 Å². The lowest BCUT2D eigenvalue weighted by atomic mass is 9.90. The van der Waals surface area contributed by atoms with Gasteiger partial charge in [0.05, 0.1) is 49.4 Å². The van der Waals surface area contributed by atoms with Gasteiger partial charge in [-0.15, -0.1) is 0 Å². The monoisotopic (exact) mass is 909 g/mol. The summed E-state index contributed by atoms with van der Waals surface area (Å²) in [5, 5.41) is 11.4. The molecule has 4 rings (SSSR count). The quantitative estimate of drug-likeness (QED) is 0.164. The molecule has 0 aromatic heterocycles. The van der Waals surface area contributed by atoms with Gasteiger partial charge in [-0.1, -0.05) is 27.7 Å². The van der Waals surface area contributed by atoms with E-state index in [2.05, 4.69) is 21.3 Å². The van der Waals surface area contributed by atoms with Crippen LogP contribution in [0.5, 0.6) is 0 Å². The van der Waals surface area contributed by atoms with Crippen molar-refractivity contribution in [3.63, 3.8) is 0 Å². The number of hydrogen-bond acceptors (Lipinski definition) is 12. The van der Waals surface area contributed by atoms with Gasteiger partial charge in [0.2, 0.25) is 23.6 Å². The molecule has 16 heteroatoms. The summed E-state index contributed by atoms with van der Waals surface area (Å²) in [5.41, 5.74) is -1.94. The van der Waals surface area contributed by atoms with E-state index in [0.29, 0.717) is 0 Å². The summed E-state index contributed by atoms with van der Waals surface area (Å²) in [6.07, 6.45) is 0.701. The smallest absolute Gasteiger partial charge is 0.307 e. The molecule has 4 saturated heterocycles. The van der Waals surface area contributed by atoms with Gasteiger partial charge in [-0.05, 0) is 134 Å². The molecule has 4 N–H and O–H groups in total. The number of carbonyl (C=O) groups is 8. The van der Waals surface area contributed by atoms with E-state index in [4.69, 9.17) is 18.9 Å². The minimum atomic E-state index is -0.485. The molecular weight excluding hydrogens is 825 g/mol. The topological polar surface area (TPSA) is 222 Å². The van der Waals surface area contributed by atoms with Crippen LogP contribution in [-0.4, -0.2) is 94.1 Å². The fourth-order valence-electron chi connectivity index (χ4n) is 7.57. The molecule has 0 aromatic carbocycles. The Balaban J connectivity index is 0.000000427. The van der Waals surface area contributed by atoms with Crippen LogP contribution < -0.4 is 21.3 Å². The second-order valence-electron chi connectivity index (χ2n) is 22.2. The number of amides is 4. The highest BCUT2D eigenvalue weighted by molar-refractivity contribution is 5.88. The molecule has 4 aliphatic heterocycles. The average molecular weight is 909 g/mol. The lowest BCUT2D eigenvalue weighted by molar-refractivity contribution is -0.158. The van der Waals surface area contributed by atoms with E-state index in [1.807, 2.05) is 138 Å². The third kappa shape index (κ3) is 20.3. The van der Waals surface area contributed by atoms with Crippen molar-refractivity contribution in [3.05, 3.63) is 0 Å². The third-order valence-corrected chi connectivity index (χ3v) is 11.7. The van der Waals surface area contributed by atoms with Crippen molar-refractivity contribution in [3.8, 4) is 0 Å². The zero-order valence-corrected chi connectivity index (χ0v) is 42.7. The lowest BCUT2D eigenvalue weighted by Gasteiger charge is -2.21. The van der Waals surface area contributed by atoms with Gasteiger partial charge in [0.15, 0.2) is 0 Å². The van der Waals surface area contributed by atoms with E-state index in [1.165, 1.54) is 0 Å². The van der Waals surface area contributed by atoms with Crippen LogP contribution in [0.25, 0.3) is 0 Å². The molecule has 0 unspecified atom stereocenters. The molecule has 0 bridgehead atoms. The Morgan fingerprint density at radius 3 is 0.578 bits per heavy atom. The van der Waals surface area contributed by atoms with E-state index in [9.17, 15) is 38.4 Å². The minimum absolute atomic E-state index is 0.0362. The van der Waals surface area contributed by atoms with Crippen LogP contribution in [0.2, 0.25) is 0 Å². The molecule has 4 fully saturated rings. The Kier molecular flexibility index (Phi) is 21.0. The molecular formula is C48H84N4O12. The summed E-state index contributed by atoms with van der Waals surface area (Å²) in [7, 11) is 0. The zero-order chi connectivity index (χ0) is 50.0. The summed E-state index contributed by atoms with van der Waals surface area (Å²) in [5.74, 6) is -1.60. The van der Waals surface area contributed by atoms with Gasteiger partial charge in [-0.25, -0.2) is 0 Å². The van der Waals surface area contributed by atoms with Gasteiger partial charge in [0.25, 0.3) is 0 Å². The predicted octanol–water partition coefficient (Wildman–Crippen LogP) is 5.96. The van der Waals surface area contributed by atoms with Crippen molar-refractivity contribution in [2.45, 2.75) is 211 Å². The zero-order valence-electron chi connectivity index (χ0n) is 42.7. The molecule has 4 heterocycles. The van der Waals surface area contributed by atoms with Crippen molar-refractivity contribution < 1.29 is 57.3 Å². The standard InChI is InChI=1S/4C12H21NO3/c4*1-7-8(2)13-11(15)9(7)6-10(14)16-12(3,4)5/h4*7-9H,6H2,1-5H3,(H,13,15)/t2*7-,8-,9+;2*7-,8-,9-/m1010/s1. The largest absolute Gasteiger partial charge is 0.460 e. The van der Waals surface area contributed by atoms with Crippen LogP contribution in [0, 0.1) is 47.3 Å². The molecule has 0 saturated carbocycles. The van der Waals surface area contributed by atoms with Gasteiger partial charge in [0.1, 0.15) is 22.4 Å². The lowest BCUT2D eigenvalue weighted by Crippen LogP contribution is -2.28. The molecule has 16 nitrogen and oxygen atoms in total. The summed E-state index contributed by atoms with van der Waals surface area (Å²) in [6.45, 7) is 37.7. The molecule has 368 valence electrons. The van der Waals surface area contributed by atoms with Crippen LogP contribution in [0.15, 0.2) is 0 Å². The second-order valence-corrected chi connectivity index (χ2v) is 22.2. The molecule has 0 aliphatic carbocycles. The Morgan fingerprint density at radius 2 is 0.484 bits per heavy atom. The number of ether oxygens (including phenoxy) is 4. The van der Waals surface area contributed by atoms with Crippen molar-refractivity contribution in [1.29, 1.82) is 0 Å². The van der Waals surface area contributed by atoms with E-state index in [0.717, 1.165) is 0 Å². The SMILES string of the molecule is C[C@@H]1[C@@H](C)NC(=O)[C@@H]1CC(=O)OC(C)(C)C.C[C@H]1[C@H](C)NC(=O)[C@@H]1CC(=O)OC(C)(C)C.C[C@H]1[C@H](C)NC(=O)[C@H]1CC(=O)OC(C)(C)C.C[C@H]1[C@H](CC(=O)OC(C)(C)C)C(=O)N[C@@H]1C. The third-order valence-electron chi connectivity index (χ3n) is 11.7. The fraction of sp³-hybridized carbons (Fsp3) is 0.833. The summed E-state index contributed by atoms with van der Waals surface area (Å²) in [4.78, 5) is 92.8. The summed E-state index contributed by atoms with van der Waals surface area (Å²) >= 11 is 0. The highest BCUT2D eigenvalue weighted by Crippen LogP contribution is 2.30. The van der Waals surface area contributed by atoms with E-state index < -0.39 is 22.4 Å². The van der Waals surface area contributed by atoms with Gasteiger partial charge in [-0.2, -0.15) is 0 Å². The first-order valence-corrected chi connectivity index (χ1v) is 22.9. The predicted molar refractivity (Wildman–Crippen MR) is 243 cm³/mol. The normalized spacial score (nSPS) is 30.1. The minimum Gasteiger partial charge on any atom is -0.460 e. The van der Waals surface area contributed by atoms with Crippen LogP contribution in [0.1, 0.15) is 164 Å². The maximum Gasteiger partial charge on any atom is 0.307 e. The number of rotatable bonds is 8. The fourth-order valence-corrected chi connectivity index (χ4v) is 7.57. The van der Waals surface area contributed by atoms with Crippen LogP contribution in [0.4, 0.5) is 0 Å². The van der Waals surface area contributed by atoms with Crippen molar-refractivity contribution >= 4 is 47.5 Å². The second kappa shape index (κ2) is 23.3. The van der Waals surface area contributed by atoms with Gasteiger partial charge >= 0.3 is 23.9 Å². The Morgan fingerprint density at radius 1 is 0.344 bits per heavy atom. The molecule has 12 atom stereocenters. The molecule has 0 radical (unpaired) electrons. The molecule has 4 amide bonds. The van der Waals surface area contributed by atoms with Crippen LogP contribution >= 0.6 is 0 Å². The maximum absolute atomic E-state index is 11.6. The van der Waals surface area contributed by atoms with E-state index >= 15 is 0 Å². The summed E-state index contributed by atoms with van der Waals surface area (Å²) < 4.78 is 20.9. The first kappa shape index (κ1) is 57.8. The Labute approximate surface area is 383 Å². The Bertz CT molecular complexity index is 1410. The van der Waals surface area contributed by atoms with E-state index in [1.54, 1.807) is 0 Å². The van der Waals surface area contributed by atoms with Crippen molar-refractivity contribution in [1.82, 2.24) is 21.3 Å². The number of hydrogen-bond donors (Lipinski definition) is 4. The molecule has 64 heavy (non-hydrogen) atoms. The highest BCUT2D eigenvalue weighted by Gasteiger charge is 2.42. The van der Waals surface area contributed by atoms with Gasteiger partial charge in [-0.3, -0.25) is 38.4 Å². The molecule has 0 aromatic rings. The molecule has 4 aliphatic rings. The number of carbonyl (C=O) groups excluding carboxylic acids is 8. The average Bonchev–Trinajstić information content (AvgIpc) is 3.66.